The summed E-state index contributed by atoms with van der Waals surface area (Å²) in [4.78, 5) is 0. The number of anilines is 2. The molecule has 1 aromatic carbocycles. The number of nitrogens with two attached hydrogens (primary N) is 1. The molecule has 14 heavy (non-hydrogen) atoms. The standard InChI is InChI=1S/C8H9F3N2O/c1-13-6-4-5(12)2-3-7(6)14-8(9,10)11/h2-4,13H,12H2,1H3. The van der Waals surface area contributed by atoms with Crippen molar-refractivity contribution in [3.63, 3.8) is 0 Å². The number of hydrogen-bond acceptors (Lipinski definition) is 3. The van der Waals surface area contributed by atoms with E-state index in [4.69, 9.17) is 5.73 Å². The van der Waals surface area contributed by atoms with Gasteiger partial charge in [0.05, 0.1) is 5.69 Å². The van der Waals surface area contributed by atoms with Crippen molar-refractivity contribution in [1.82, 2.24) is 0 Å². The van der Waals surface area contributed by atoms with Gasteiger partial charge in [0, 0.05) is 12.7 Å². The first-order valence-corrected chi connectivity index (χ1v) is 3.75. The third-order valence-electron chi connectivity index (χ3n) is 1.50. The lowest BCUT2D eigenvalue weighted by molar-refractivity contribution is -0.274. The Kier molecular flexibility index (Phi) is 2.73. The average molecular weight is 206 g/mol. The lowest BCUT2D eigenvalue weighted by Crippen LogP contribution is -2.18. The largest absolute Gasteiger partial charge is 0.573 e. The summed E-state index contributed by atoms with van der Waals surface area (Å²) in [5.74, 6) is -0.297. The molecule has 6 heteroatoms. The minimum Gasteiger partial charge on any atom is -0.404 e. The van der Waals surface area contributed by atoms with Crippen molar-refractivity contribution >= 4 is 11.4 Å². The lowest BCUT2D eigenvalue weighted by Gasteiger charge is -2.13. The molecule has 0 bridgehead atoms. The van der Waals surface area contributed by atoms with Crippen molar-refractivity contribution in [3.8, 4) is 5.75 Å². The van der Waals surface area contributed by atoms with Crippen molar-refractivity contribution < 1.29 is 17.9 Å². The van der Waals surface area contributed by atoms with E-state index < -0.39 is 6.36 Å². The molecule has 0 aliphatic carbocycles. The first-order chi connectivity index (χ1) is 6.42. The zero-order valence-corrected chi connectivity index (χ0v) is 7.35. The fourth-order valence-electron chi connectivity index (χ4n) is 0.957. The molecule has 0 atom stereocenters. The maximum Gasteiger partial charge on any atom is 0.573 e. The Balaban J connectivity index is 2.97. The molecule has 0 spiro atoms. The normalized spacial score (nSPS) is 11.1. The van der Waals surface area contributed by atoms with Crippen LogP contribution in [-0.4, -0.2) is 13.4 Å². The molecule has 0 unspecified atom stereocenters. The number of ether oxygens (including phenoxy) is 1. The van der Waals surface area contributed by atoms with Gasteiger partial charge in [-0.3, -0.25) is 0 Å². The van der Waals surface area contributed by atoms with Crippen LogP contribution in [0.4, 0.5) is 24.5 Å². The van der Waals surface area contributed by atoms with E-state index in [0.717, 1.165) is 6.07 Å². The molecule has 0 aromatic heterocycles. The molecule has 3 nitrogen and oxygen atoms in total. The van der Waals surface area contributed by atoms with Crippen LogP contribution in [0.3, 0.4) is 0 Å². The van der Waals surface area contributed by atoms with Crippen LogP contribution in [0.5, 0.6) is 5.75 Å². The Bertz CT molecular complexity index is 325. The molecule has 0 radical (unpaired) electrons. The molecule has 0 saturated carbocycles. The lowest BCUT2D eigenvalue weighted by atomic mass is 10.2. The number of nitrogen functional groups attached to an aromatic ring is 1. The zero-order valence-electron chi connectivity index (χ0n) is 7.35. The summed E-state index contributed by atoms with van der Waals surface area (Å²) in [6.45, 7) is 0. The second-order valence-corrected chi connectivity index (χ2v) is 2.55. The summed E-state index contributed by atoms with van der Waals surface area (Å²) in [7, 11) is 1.48. The highest BCUT2D eigenvalue weighted by Gasteiger charge is 2.32. The van der Waals surface area contributed by atoms with Gasteiger partial charge in [-0.05, 0) is 18.2 Å². The predicted molar refractivity (Wildman–Crippen MR) is 47.1 cm³/mol. The molecular formula is C8H9F3N2O. The maximum atomic E-state index is 11.9. The smallest absolute Gasteiger partial charge is 0.404 e. The molecule has 0 aliphatic heterocycles. The topological polar surface area (TPSA) is 47.3 Å². The first-order valence-electron chi connectivity index (χ1n) is 3.75. The van der Waals surface area contributed by atoms with E-state index in [0.29, 0.717) is 5.69 Å². The van der Waals surface area contributed by atoms with Gasteiger partial charge in [-0.1, -0.05) is 0 Å². The molecular weight excluding hydrogens is 197 g/mol. The van der Waals surface area contributed by atoms with Crippen LogP contribution in [0.25, 0.3) is 0 Å². The second-order valence-electron chi connectivity index (χ2n) is 2.55. The van der Waals surface area contributed by atoms with Gasteiger partial charge in [-0.15, -0.1) is 13.2 Å². The van der Waals surface area contributed by atoms with E-state index in [1.807, 2.05) is 0 Å². The van der Waals surface area contributed by atoms with Crippen molar-refractivity contribution in [1.29, 1.82) is 0 Å². The Morgan fingerprint density at radius 1 is 1.36 bits per heavy atom. The molecule has 1 rings (SSSR count). The monoisotopic (exact) mass is 206 g/mol. The molecule has 0 heterocycles. The number of alkyl halides is 3. The molecule has 1 aromatic rings. The summed E-state index contributed by atoms with van der Waals surface area (Å²) in [6, 6.07) is 3.86. The summed E-state index contributed by atoms with van der Waals surface area (Å²) in [5.41, 5.74) is 5.95. The third kappa shape index (κ3) is 2.72. The van der Waals surface area contributed by atoms with Gasteiger partial charge in [0.15, 0.2) is 5.75 Å². The van der Waals surface area contributed by atoms with Crippen molar-refractivity contribution in [2.45, 2.75) is 6.36 Å². The number of halogens is 3. The summed E-state index contributed by atoms with van der Waals surface area (Å²) in [5, 5.41) is 2.55. The highest BCUT2D eigenvalue weighted by Crippen LogP contribution is 2.31. The number of benzene rings is 1. The highest BCUT2D eigenvalue weighted by atomic mass is 19.4. The van der Waals surface area contributed by atoms with Crippen LogP contribution >= 0.6 is 0 Å². The van der Waals surface area contributed by atoms with Gasteiger partial charge in [0.25, 0.3) is 0 Å². The van der Waals surface area contributed by atoms with Crippen LogP contribution in [0, 0.1) is 0 Å². The molecule has 3 N–H and O–H groups in total. The SMILES string of the molecule is CNc1cc(N)ccc1OC(F)(F)F. The van der Waals surface area contributed by atoms with E-state index in [9.17, 15) is 13.2 Å². The van der Waals surface area contributed by atoms with Crippen LogP contribution in [0.1, 0.15) is 0 Å². The van der Waals surface area contributed by atoms with Gasteiger partial charge in [-0.2, -0.15) is 0 Å². The number of nitrogens with one attached hydrogen (secondary N) is 1. The fraction of sp³-hybridized carbons (Fsp3) is 0.250. The molecule has 0 saturated heterocycles. The highest BCUT2D eigenvalue weighted by molar-refractivity contribution is 5.63. The van der Waals surface area contributed by atoms with Gasteiger partial charge >= 0.3 is 6.36 Å². The Morgan fingerprint density at radius 3 is 2.50 bits per heavy atom. The van der Waals surface area contributed by atoms with Crippen molar-refractivity contribution in [3.05, 3.63) is 18.2 Å². The van der Waals surface area contributed by atoms with Crippen LogP contribution in [0.2, 0.25) is 0 Å². The van der Waals surface area contributed by atoms with E-state index in [2.05, 4.69) is 10.1 Å². The Hall–Kier alpha value is -1.59. The number of hydrogen-bond donors (Lipinski definition) is 2. The van der Waals surface area contributed by atoms with E-state index in [-0.39, 0.29) is 11.4 Å². The Labute approximate surface area is 78.7 Å². The van der Waals surface area contributed by atoms with Gasteiger partial charge in [0.2, 0.25) is 0 Å². The fourth-order valence-corrected chi connectivity index (χ4v) is 0.957. The van der Waals surface area contributed by atoms with Crippen LogP contribution in [-0.2, 0) is 0 Å². The molecule has 0 fully saturated rings. The van der Waals surface area contributed by atoms with Crippen molar-refractivity contribution in [2.24, 2.45) is 0 Å². The molecule has 0 aliphatic rings. The average Bonchev–Trinajstić information content (AvgIpc) is 2.06. The second kappa shape index (κ2) is 3.65. The van der Waals surface area contributed by atoms with Gasteiger partial charge < -0.3 is 15.8 Å². The van der Waals surface area contributed by atoms with Crippen molar-refractivity contribution in [2.75, 3.05) is 18.1 Å². The van der Waals surface area contributed by atoms with E-state index >= 15 is 0 Å². The minimum absolute atomic E-state index is 0.197. The van der Waals surface area contributed by atoms with E-state index in [1.165, 1.54) is 19.2 Å². The third-order valence-corrected chi connectivity index (χ3v) is 1.50. The maximum absolute atomic E-state index is 11.9. The van der Waals surface area contributed by atoms with Gasteiger partial charge in [0.1, 0.15) is 0 Å². The number of rotatable bonds is 2. The minimum atomic E-state index is -4.69. The molecule has 78 valence electrons. The zero-order chi connectivity index (χ0) is 10.8. The Morgan fingerprint density at radius 2 is 2.00 bits per heavy atom. The van der Waals surface area contributed by atoms with Crippen LogP contribution in [0.15, 0.2) is 18.2 Å². The van der Waals surface area contributed by atoms with Gasteiger partial charge in [-0.25, -0.2) is 0 Å². The molecule has 0 amide bonds. The van der Waals surface area contributed by atoms with Crippen LogP contribution < -0.4 is 15.8 Å². The van der Waals surface area contributed by atoms with E-state index in [1.54, 1.807) is 0 Å². The summed E-state index contributed by atoms with van der Waals surface area (Å²) >= 11 is 0. The quantitative estimate of drug-likeness (QED) is 0.729. The summed E-state index contributed by atoms with van der Waals surface area (Å²) < 4.78 is 39.4. The first kappa shape index (κ1) is 10.5. The summed E-state index contributed by atoms with van der Waals surface area (Å²) in [6.07, 6.45) is -4.69. The predicted octanol–water partition coefficient (Wildman–Crippen LogP) is 2.21.